The largest absolute Gasteiger partial charge is 0.489 e. The first-order chi connectivity index (χ1) is 15.2. The normalized spacial score (nSPS) is 14.8. The number of halogens is 3. The molecule has 164 valence electrons. The maximum Gasteiger partial charge on any atom is 0.265 e. The van der Waals surface area contributed by atoms with Crippen LogP contribution in [-0.2, 0) is 10.0 Å². The predicted molar refractivity (Wildman–Crippen MR) is 111 cm³/mol. The molecule has 12 heteroatoms. The van der Waals surface area contributed by atoms with Crippen LogP contribution in [0.1, 0.15) is 22.8 Å². The summed E-state index contributed by atoms with van der Waals surface area (Å²) in [6.07, 6.45) is 1.48. The lowest BCUT2D eigenvalue weighted by molar-refractivity contribution is 0.140. The van der Waals surface area contributed by atoms with Crippen LogP contribution in [0.2, 0.25) is 5.02 Å². The van der Waals surface area contributed by atoms with Crippen LogP contribution in [0.5, 0.6) is 5.75 Å². The molecule has 1 unspecified atom stereocenters. The lowest BCUT2D eigenvalue weighted by Gasteiger charge is -2.13. The maximum absolute atomic E-state index is 14.9. The monoisotopic (exact) mass is 478 g/mol. The molecule has 32 heavy (non-hydrogen) atoms. The van der Waals surface area contributed by atoms with Gasteiger partial charge in [0.1, 0.15) is 29.2 Å². The highest BCUT2D eigenvalue weighted by atomic mass is 35.5. The smallest absolute Gasteiger partial charge is 0.265 e. The molecule has 1 aliphatic heterocycles. The highest BCUT2D eigenvalue weighted by Gasteiger charge is 2.31. The van der Waals surface area contributed by atoms with E-state index in [0.29, 0.717) is 0 Å². The van der Waals surface area contributed by atoms with Gasteiger partial charge in [0.2, 0.25) is 5.95 Å². The molecule has 3 aromatic rings. The number of aliphatic hydroxyl groups excluding tert-OH is 1. The van der Waals surface area contributed by atoms with Gasteiger partial charge in [-0.3, -0.25) is 4.72 Å². The van der Waals surface area contributed by atoms with Crippen molar-refractivity contribution in [3.05, 3.63) is 70.0 Å². The van der Waals surface area contributed by atoms with Crippen molar-refractivity contribution in [3.63, 3.8) is 0 Å². The molecule has 8 nitrogen and oxygen atoms in total. The molecule has 0 fully saturated rings. The van der Waals surface area contributed by atoms with Gasteiger partial charge < -0.3 is 15.6 Å². The molecule has 1 atom stereocenters. The zero-order valence-corrected chi connectivity index (χ0v) is 17.5. The van der Waals surface area contributed by atoms with Crippen molar-refractivity contribution >= 4 is 33.3 Å². The Balaban J connectivity index is 1.71. The molecule has 1 aliphatic rings. The third-order valence-electron chi connectivity index (χ3n) is 4.42. The average Bonchev–Trinajstić information content (AvgIpc) is 3.11. The Hall–Kier alpha value is -3.46. The average molecular weight is 479 g/mol. The van der Waals surface area contributed by atoms with Gasteiger partial charge in [-0.1, -0.05) is 23.4 Å². The molecule has 0 aliphatic carbocycles. The Morgan fingerprint density at radius 1 is 1.22 bits per heavy atom. The van der Waals surface area contributed by atoms with Crippen molar-refractivity contribution in [2.45, 2.75) is 11.0 Å². The Bertz CT molecular complexity index is 1390. The van der Waals surface area contributed by atoms with Gasteiger partial charge in [-0.25, -0.2) is 27.2 Å². The fourth-order valence-corrected chi connectivity index (χ4v) is 4.48. The highest BCUT2D eigenvalue weighted by Crippen LogP contribution is 2.40. The van der Waals surface area contributed by atoms with Crippen LogP contribution in [0.4, 0.5) is 20.4 Å². The van der Waals surface area contributed by atoms with Crippen molar-refractivity contribution in [1.82, 2.24) is 9.97 Å². The van der Waals surface area contributed by atoms with Crippen molar-refractivity contribution < 1.29 is 27.0 Å². The summed E-state index contributed by atoms with van der Waals surface area (Å²) in [5, 5.41) is 9.97. The number of nitrogens with one attached hydrogen (secondary N) is 1. The van der Waals surface area contributed by atoms with Crippen molar-refractivity contribution in [1.29, 1.82) is 0 Å². The van der Waals surface area contributed by atoms with E-state index in [9.17, 15) is 22.3 Å². The zero-order chi connectivity index (χ0) is 23.0. The van der Waals surface area contributed by atoms with Gasteiger partial charge in [0.05, 0.1) is 16.8 Å². The summed E-state index contributed by atoms with van der Waals surface area (Å²) in [5.41, 5.74) is 4.60. The third kappa shape index (κ3) is 4.16. The van der Waals surface area contributed by atoms with Gasteiger partial charge >= 0.3 is 0 Å². The van der Waals surface area contributed by atoms with E-state index in [0.717, 1.165) is 18.2 Å². The molecule has 0 saturated carbocycles. The predicted octanol–water partition coefficient (Wildman–Crippen LogP) is 2.62. The van der Waals surface area contributed by atoms with E-state index in [1.54, 1.807) is 0 Å². The SMILES string of the molecule is Nc1ncc(C#Cc2c(F)ccc(NS(=O)(=O)c3cc(Cl)cc4c3OCC4O)c2F)cn1. The highest BCUT2D eigenvalue weighted by molar-refractivity contribution is 7.92. The Morgan fingerprint density at radius 3 is 2.66 bits per heavy atom. The number of benzene rings is 2. The molecule has 0 spiro atoms. The van der Waals surface area contributed by atoms with E-state index in [4.69, 9.17) is 22.1 Å². The summed E-state index contributed by atoms with van der Waals surface area (Å²) in [4.78, 5) is 7.05. The number of aliphatic hydroxyl groups is 1. The van der Waals surface area contributed by atoms with Gasteiger partial charge in [-0.2, -0.15) is 0 Å². The first kappa shape index (κ1) is 21.8. The van der Waals surface area contributed by atoms with Crippen molar-refractivity contribution in [2.24, 2.45) is 0 Å². The minimum atomic E-state index is -4.42. The molecule has 2 aromatic carbocycles. The fraction of sp³-hybridized carbons (Fsp3) is 0.100. The summed E-state index contributed by atoms with van der Waals surface area (Å²) in [6, 6.07) is 4.26. The van der Waals surface area contributed by atoms with Gasteiger partial charge in [-0.05, 0) is 24.3 Å². The van der Waals surface area contributed by atoms with Crippen LogP contribution in [0.15, 0.2) is 41.6 Å². The van der Waals surface area contributed by atoms with E-state index in [1.807, 2.05) is 4.72 Å². The van der Waals surface area contributed by atoms with Crippen LogP contribution in [0, 0.1) is 23.5 Å². The van der Waals surface area contributed by atoms with Crippen molar-refractivity contribution in [3.8, 4) is 17.6 Å². The van der Waals surface area contributed by atoms with E-state index in [-0.39, 0.29) is 34.5 Å². The summed E-state index contributed by atoms with van der Waals surface area (Å²) < 4.78 is 62.3. The van der Waals surface area contributed by atoms with Crippen molar-refractivity contribution in [2.75, 3.05) is 17.1 Å². The molecule has 2 heterocycles. The lowest BCUT2D eigenvalue weighted by atomic mass is 10.1. The first-order valence-corrected chi connectivity index (χ1v) is 10.8. The topological polar surface area (TPSA) is 127 Å². The molecule has 4 N–H and O–H groups in total. The molecular weight excluding hydrogens is 466 g/mol. The minimum Gasteiger partial charge on any atom is -0.489 e. The Kier molecular flexibility index (Phi) is 5.60. The van der Waals surface area contributed by atoms with E-state index < -0.39 is 43.9 Å². The van der Waals surface area contributed by atoms with Gasteiger partial charge in [0.25, 0.3) is 10.0 Å². The molecule has 0 amide bonds. The number of hydrogen-bond acceptors (Lipinski definition) is 7. The molecule has 4 rings (SSSR count). The number of anilines is 2. The second-order valence-corrected chi connectivity index (χ2v) is 8.71. The summed E-state index contributed by atoms with van der Waals surface area (Å²) in [7, 11) is -4.42. The Morgan fingerprint density at radius 2 is 1.94 bits per heavy atom. The van der Waals surface area contributed by atoms with E-state index >= 15 is 0 Å². The second-order valence-electron chi connectivity index (χ2n) is 6.62. The molecular formula is C20H13ClF2N4O4S. The lowest BCUT2D eigenvalue weighted by Crippen LogP contribution is -2.15. The van der Waals surface area contributed by atoms with Gasteiger partial charge in [0, 0.05) is 23.0 Å². The number of sulfonamides is 1. The standard InChI is InChI=1S/C20H13ClF2N4O4S/c21-11-5-13-16(28)9-31-19(13)17(6-11)32(29,30)27-15-4-3-14(22)12(18(15)23)2-1-10-7-25-20(24)26-8-10/h3-8,16,27-28H,9H2,(H2,24,25,26). The molecule has 0 saturated heterocycles. The van der Waals surface area contributed by atoms with Crippen LogP contribution in [0.25, 0.3) is 0 Å². The quantitative estimate of drug-likeness (QED) is 0.494. The number of fused-ring (bicyclic) bond motifs is 1. The van der Waals surface area contributed by atoms with Crippen LogP contribution in [-0.4, -0.2) is 30.1 Å². The molecule has 0 bridgehead atoms. The number of ether oxygens (including phenoxy) is 1. The Labute approximate surface area is 186 Å². The number of hydrogen-bond donors (Lipinski definition) is 3. The molecule has 1 aromatic heterocycles. The third-order valence-corrected chi connectivity index (χ3v) is 6.01. The summed E-state index contributed by atoms with van der Waals surface area (Å²) >= 11 is 5.97. The number of nitrogens with zero attached hydrogens (tertiary/aromatic N) is 2. The van der Waals surface area contributed by atoms with Crippen LogP contribution in [0.3, 0.4) is 0 Å². The van der Waals surface area contributed by atoms with Crippen LogP contribution >= 0.6 is 11.6 Å². The van der Waals surface area contributed by atoms with Gasteiger partial charge in [-0.15, -0.1) is 0 Å². The van der Waals surface area contributed by atoms with Crippen LogP contribution < -0.4 is 15.2 Å². The minimum absolute atomic E-state index is 0.00770. The second kappa shape index (κ2) is 8.23. The number of nitrogens with two attached hydrogens (primary N) is 1. The number of nitrogen functional groups attached to an aromatic ring is 1. The number of aromatic nitrogens is 2. The summed E-state index contributed by atoms with van der Waals surface area (Å²) in [6.45, 7) is -0.155. The summed E-state index contributed by atoms with van der Waals surface area (Å²) in [5.74, 6) is 2.48. The first-order valence-electron chi connectivity index (χ1n) is 8.90. The fourth-order valence-electron chi connectivity index (χ4n) is 2.93. The zero-order valence-electron chi connectivity index (χ0n) is 15.9. The molecule has 0 radical (unpaired) electrons. The van der Waals surface area contributed by atoms with E-state index in [1.165, 1.54) is 18.5 Å². The van der Waals surface area contributed by atoms with Gasteiger partial charge in [0.15, 0.2) is 5.82 Å². The van der Waals surface area contributed by atoms with E-state index in [2.05, 4.69) is 21.8 Å². The number of rotatable bonds is 3. The maximum atomic E-state index is 14.9.